The fraction of sp³-hybridized carbons (Fsp3) is 0.167. The predicted octanol–water partition coefficient (Wildman–Crippen LogP) is 17.9. The zero-order chi connectivity index (χ0) is 51.9. The molecule has 0 fully saturated rings. The fourth-order valence-corrected chi connectivity index (χ4v) is 12.6. The summed E-state index contributed by atoms with van der Waals surface area (Å²) in [4.78, 5) is 7.70. The van der Waals surface area contributed by atoms with Crippen molar-refractivity contribution in [2.45, 2.75) is 77.6 Å². The van der Waals surface area contributed by atoms with Crippen molar-refractivity contribution in [1.29, 1.82) is 0 Å². The third kappa shape index (κ3) is 8.05. The molecule has 76 heavy (non-hydrogen) atoms. The summed E-state index contributed by atoms with van der Waals surface area (Å²) in [7, 11) is 0. The van der Waals surface area contributed by atoms with E-state index in [1.54, 1.807) is 0 Å². The molecular formula is C72H64BN3. The second-order valence-electron chi connectivity index (χ2n) is 23.6. The summed E-state index contributed by atoms with van der Waals surface area (Å²) in [5, 5.41) is 0. The predicted molar refractivity (Wildman–Crippen MR) is 325 cm³/mol. The minimum absolute atomic E-state index is 0.0109. The molecule has 0 bridgehead atoms. The largest absolute Gasteiger partial charge is 0.311 e. The van der Waals surface area contributed by atoms with E-state index in [1.807, 2.05) is 0 Å². The van der Waals surface area contributed by atoms with E-state index >= 15 is 0 Å². The number of para-hydroxylation sites is 2. The van der Waals surface area contributed by atoms with Gasteiger partial charge in [-0.2, -0.15) is 0 Å². The van der Waals surface area contributed by atoms with Gasteiger partial charge >= 0.3 is 0 Å². The Morgan fingerprint density at radius 2 is 0.842 bits per heavy atom. The Labute approximate surface area is 450 Å². The molecule has 3 nitrogen and oxygen atoms in total. The number of fused-ring (bicyclic) bond motifs is 5. The Hall–Kier alpha value is -8.34. The highest BCUT2D eigenvalue weighted by Crippen LogP contribution is 2.53. The molecule has 0 spiro atoms. The molecule has 0 saturated heterocycles. The quantitative estimate of drug-likeness (QED) is 0.141. The molecule has 0 N–H and O–H groups in total. The molecule has 0 saturated carbocycles. The van der Waals surface area contributed by atoms with Crippen molar-refractivity contribution in [1.82, 2.24) is 0 Å². The van der Waals surface area contributed by atoms with Gasteiger partial charge in [-0.3, -0.25) is 0 Å². The monoisotopic (exact) mass is 982 g/mol. The van der Waals surface area contributed by atoms with Crippen molar-refractivity contribution < 1.29 is 0 Å². The van der Waals surface area contributed by atoms with Gasteiger partial charge < -0.3 is 14.7 Å². The van der Waals surface area contributed by atoms with Crippen LogP contribution in [0.3, 0.4) is 0 Å². The van der Waals surface area contributed by atoms with Crippen LogP contribution in [0.15, 0.2) is 237 Å². The Bertz CT molecular complexity index is 3750. The lowest BCUT2D eigenvalue weighted by molar-refractivity contribution is 0.332. The Morgan fingerprint density at radius 1 is 0.382 bits per heavy atom. The molecule has 0 unspecified atom stereocenters. The third-order valence-electron chi connectivity index (χ3n) is 16.8. The van der Waals surface area contributed by atoms with Crippen LogP contribution in [0, 0.1) is 0 Å². The molecule has 370 valence electrons. The van der Waals surface area contributed by atoms with Crippen LogP contribution in [0.5, 0.6) is 0 Å². The first kappa shape index (κ1) is 47.4. The van der Waals surface area contributed by atoms with Crippen molar-refractivity contribution >= 4 is 74.3 Å². The summed E-state index contributed by atoms with van der Waals surface area (Å²) in [6.45, 7) is 16.8. The number of hydrogen-bond donors (Lipinski definition) is 0. The van der Waals surface area contributed by atoms with Crippen LogP contribution >= 0.6 is 0 Å². The van der Waals surface area contributed by atoms with Gasteiger partial charge in [0.15, 0.2) is 0 Å². The summed E-state index contributed by atoms with van der Waals surface area (Å²) in [6.07, 6.45) is 2.26. The van der Waals surface area contributed by atoms with Gasteiger partial charge in [-0.05, 0) is 163 Å². The number of rotatable bonds is 8. The minimum atomic E-state index is -0.0918. The Kier molecular flexibility index (Phi) is 11.3. The Morgan fingerprint density at radius 3 is 1.41 bits per heavy atom. The molecule has 10 aromatic carbocycles. The van der Waals surface area contributed by atoms with Gasteiger partial charge in [0.05, 0.1) is 11.4 Å². The van der Waals surface area contributed by atoms with E-state index in [1.165, 1.54) is 94.9 Å². The van der Waals surface area contributed by atoms with E-state index in [0.717, 1.165) is 35.6 Å². The van der Waals surface area contributed by atoms with E-state index in [9.17, 15) is 0 Å². The molecule has 0 radical (unpaired) electrons. The molecule has 13 rings (SSSR count). The SMILES string of the molecule is CC(C)(C)c1ccc(N2c3cc4c(cc3B3c5cc(-c6ccccc6)ccc5N(c5ccc(-c6ccccc6)cc5)c5cc(N(c6ccccc6)c6ccccc6)cc2c53)C(C)(C)CCC4(C)C)c(-c2ccccc2)c1. The van der Waals surface area contributed by atoms with Crippen LogP contribution in [0.1, 0.15) is 78.0 Å². The third-order valence-corrected chi connectivity index (χ3v) is 16.8. The highest BCUT2D eigenvalue weighted by atomic mass is 15.2. The van der Waals surface area contributed by atoms with E-state index in [-0.39, 0.29) is 23.0 Å². The molecule has 0 aromatic heterocycles. The Balaban J connectivity index is 1.19. The van der Waals surface area contributed by atoms with Crippen molar-refractivity contribution in [2.75, 3.05) is 14.7 Å². The standard InChI is InChI=1S/C72H64BN3/c1-70(2,3)54-36-40-64(59(44-54)52-27-17-10-18-28-52)76-66-48-61-60(71(4,5)41-42-72(61,6)7)47-63(66)73-62-43-53(50-25-15-9-16-26-50)35-39-65(62)75(57-37-33-51(34-38-57)49-23-13-8-14-24-49)67-45-58(46-68(76)69(67)73)74(55-29-19-11-20-30-55)56-31-21-12-22-32-56/h8-40,43-48H,41-42H2,1-7H3. The molecule has 1 aliphatic carbocycles. The van der Waals surface area contributed by atoms with E-state index < -0.39 is 0 Å². The maximum atomic E-state index is 2.68. The van der Waals surface area contributed by atoms with E-state index in [2.05, 4.69) is 300 Å². The van der Waals surface area contributed by atoms with Gasteiger partial charge in [0, 0.05) is 45.4 Å². The second kappa shape index (κ2) is 18.2. The zero-order valence-corrected chi connectivity index (χ0v) is 44.8. The highest BCUT2D eigenvalue weighted by Gasteiger charge is 2.47. The van der Waals surface area contributed by atoms with E-state index in [4.69, 9.17) is 0 Å². The normalized spacial score (nSPS) is 14.8. The maximum Gasteiger partial charge on any atom is 0.252 e. The van der Waals surface area contributed by atoms with Gasteiger partial charge in [0.1, 0.15) is 0 Å². The summed E-state index contributed by atoms with van der Waals surface area (Å²) in [5.41, 5.74) is 25.6. The first-order valence-electron chi connectivity index (χ1n) is 27.2. The molecule has 3 aliphatic rings. The fourth-order valence-electron chi connectivity index (χ4n) is 12.6. The summed E-state index contributed by atoms with van der Waals surface area (Å²) < 4.78 is 0. The minimum Gasteiger partial charge on any atom is -0.311 e. The molecule has 10 aromatic rings. The number of hydrogen-bond acceptors (Lipinski definition) is 3. The van der Waals surface area contributed by atoms with Crippen molar-refractivity contribution in [3.8, 4) is 33.4 Å². The van der Waals surface area contributed by atoms with Crippen molar-refractivity contribution in [3.05, 3.63) is 253 Å². The lowest BCUT2D eigenvalue weighted by Crippen LogP contribution is -2.62. The van der Waals surface area contributed by atoms with Crippen LogP contribution in [0.4, 0.5) is 51.2 Å². The average Bonchev–Trinajstić information content (AvgIpc) is 3.51. The van der Waals surface area contributed by atoms with Crippen LogP contribution < -0.4 is 31.1 Å². The molecule has 0 atom stereocenters. The first-order valence-corrected chi connectivity index (χ1v) is 27.2. The van der Waals surface area contributed by atoms with Crippen molar-refractivity contribution in [3.63, 3.8) is 0 Å². The zero-order valence-electron chi connectivity index (χ0n) is 44.8. The summed E-state index contributed by atoms with van der Waals surface area (Å²) in [5.74, 6) is 0. The highest BCUT2D eigenvalue weighted by molar-refractivity contribution is 7.00. The van der Waals surface area contributed by atoms with Crippen LogP contribution in [0.2, 0.25) is 0 Å². The van der Waals surface area contributed by atoms with Gasteiger partial charge in [0.25, 0.3) is 6.71 Å². The van der Waals surface area contributed by atoms with E-state index in [0.29, 0.717) is 0 Å². The second-order valence-corrected chi connectivity index (χ2v) is 23.6. The molecular weight excluding hydrogens is 918 g/mol. The first-order chi connectivity index (χ1) is 36.8. The van der Waals surface area contributed by atoms with Crippen LogP contribution in [-0.2, 0) is 16.2 Å². The smallest absolute Gasteiger partial charge is 0.252 e. The van der Waals surface area contributed by atoms with Crippen LogP contribution in [0.25, 0.3) is 33.4 Å². The summed E-state index contributed by atoms with van der Waals surface area (Å²) in [6, 6.07) is 88.7. The lowest BCUT2D eigenvalue weighted by Gasteiger charge is -2.48. The molecule has 4 heteroatoms. The summed E-state index contributed by atoms with van der Waals surface area (Å²) >= 11 is 0. The van der Waals surface area contributed by atoms with Gasteiger partial charge in [-0.15, -0.1) is 0 Å². The molecule has 2 aliphatic heterocycles. The number of nitrogens with zero attached hydrogens (tertiary/aromatic N) is 3. The number of benzene rings is 10. The van der Waals surface area contributed by atoms with Gasteiger partial charge in [-0.25, -0.2) is 0 Å². The number of anilines is 9. The maximum absolute atomic E-state index is 2.68. The molecule has 0 amide bonds. The molecule has 2 heterocycles. The lowest BCUT2D eigenvalue weighted by atomic mass is 9.33. The van der Waals surface area contributed by atoms with Crippen molar-refractivity contribution in [2.24, 2.45) is 0 Å². The van der Waals surface area contributed by atoms with Crippen LogP contribution in [-0.4, -0.2) is 6.71 Å². The van der Waals surface area contributed by atoms with Gasteiger partial charge in [-0.1, -0.05) is 212 Å². The average molecular weight is 982 g/mol. The topological polar surface area (TPSA) is 9.72 Å². The van der Waals surface area contributed by atoms with Gasteiger partial charge in [0.2, 0.25) is 0 Å².